The number of amides is 2. The number of methoxy groups -OCH3 is 1. The third-order valence-electron chi connectivity index (χ3n) is 8.63. The highest BCUT2D eigenvalue weighted by molar-refractivity contribution is 6.32. The molecule has 0 bridgehead atoms. The lowest BCUT2D eigenvalue weighted by Gasteiger charge is -2.33. The second-order valence-electron chi connectivity index (χ2n) is 13.7. The molecular weight excluding hydrogens is 696 g/mol. The van der Waals surface area contributed by atoms with E-state index in [9.17, 15) is 28.6 Å². The second kappa shape index (κ2) is 16.7. The number of aliphatic hydroxyl groups excluding tert-OH is 2. The lowest BCUT2D eigenvalue weighted by molar-refractivity contribution is -0.128. The number of hydrogen-bond donors (Lipinski definition) is 4. The van der Waals surface area contributed by atoms with Crippen molar-refractivity contribution in [3.8, 4) is 22.8 Å². The Bertz CT molecular complexity index is 1850. The summed E-state index contributed by atoms with van der Waals surface area (Å²) in [6, 6.07) is 17.2. The zero-order chi connectivity index (χ0) is 37.6. The van der Waals surface area contributed by atoms with Crippen LogP contribution in [-0.2, 0) is 22.4 Å². The number of halogens is 3. The van der Waals surface area contributed by atoms with E-state index in [-0.39, 0.29) is 47.8 Å². The molecular formula is C39H42ClF2N3O7. The molecule has 0 unspecified atom stereocenters. The largest absolute Gasteiger partial charge is 0.489 e. The van der Waals surface area contributed by atoms with Crippen LogP contribution in [0.4, 0.5) is 13.6 Å². The van der Waals surface area contributed by atoms with Crippen molar-refractivity contribution >= 4 is 23.6 Å². The Labute approximate surface area is 306 Å². The van der Waals surface area contributed by atoms with Crippen LogP contribution < -0.4 is 20.1 Å². The number of rotatable bonds is 12. The van der Waals surface area contributed by atoms with E-state index < -0.39 is 59.4 Å². The number of carbonyl (C=O) groups excluding carboxylic acids is 2. The van der Waals surface area contributed by atoms with Gasteiger partial charge in [-0.05, 0) is 81.0 Å². The Hall–Kier alpha value is -4.78. The molecule has 10 nitrogen and oxygen atoms in total. The molecule has 1 aliphatic heterocycles. The smallest absolute Gasteiger partial charge is 0.407 e. The summed E-state index contributed by atoms with van der Waals surface area (Å²) >= 11 is 6.20. The van der Waals surface area contributed by atoms with Gasteiger partial charge in [0.15, 0.2) is 0 Å². The molecule has 0 spiro atoms. The lowest BCUT2D eigenvalue weighted by Crippen LogP contribution is -2.49. The van der Waals surface area contributed by atoms with Crippen LogP contribution in [0.2, 0.25) is 5.02 Å². The molecule has 0 radical (unpaired) electrons. The van der Waals surface area contributed by atoms with Gasteiger partial charge in [-0.2, -0.15) is 0 Å². The van der Waals surface area contributed by atoms with Crippen molar-refractivity contribution in [2.45, 2.75) is 69.9 Å². The number of aromatic nitrogens is 1. The third-order valence-corrected chi connectivity index (χ3v) is 8.91. The molecule has 0 saturated carbocycles. The van der Waals surface area contributed by atoms with E-state index in [1.165, 1.54) is 25.3 Å². The minimum atomic E-state index is -1.33. The third kappa shape index (κ3) is 9.96. The first-order chi connectivity index (χ1) is 24.7. The SMILES string of the molecule is COc1ccc(-c2ccc(C[C@H](NC(=O)OC(C)(C)C)[C@@H](O)C[C@@H](Cc3ccccc3F)C(=O)N[C@H]3c4cc(F)cc(Cl)c4OC[C@H]3O)cc2)cn1. The highest BCUT2D eigenvalue weighted by Gasteiger charge is 2.36. The Morgan fingerprint density at radius 2 is 1.75 bits per heavy atom. The van der Waals surface area contributed by atoms with Crippen LogP contribution in [0, 0.1) is 17.6 Å². The Morgan fingerprint density at radius 3 is 2.40 bits per heavy atom. The maximum atomic E-state index is 14.9. The Kier molecular flexibility index (Phi) is 12.4. The van der Waals surface area contributed by atoms with Crippen LogP contribution in [-0.4, -0.2) is 64.8 Å². The van der Waals surface area contributed by atoms with Crippen molar-refractivity contribution in [2.75, 3.05) is 13.7 Å². The summed E-state index contributed by atoms with van der Waals surface area (Å²) in [6.07, 6.45) is -1.88. The predicted molar refractivity (Wildman–Crippen MR) is 191 cm³/mol. The quantitative estimate of drug-likeness (QED) is 0.132. The van der Waals surface area contributed by atoms with Crippen LogP contribution in [0.15, 0.2) is 79.0 Å². The van der Waals surface area contributed by atoms with Gasteiger partial charge in [-0.1, -0.05) is 54.1 Å². The molecule has 13 heteroatoms. The van der Waals surface area contributed by atoms with E-state index in [4.69, 9.17) is 25.8 Å². The molecule has 5 atom stereocenters. The molecule has 0 saturated heterocycles. The van der Waals surface area contributed by atoms with Crippen LogP contribution >= 0.6 is 11.6 Å². The van der Waals surface area contributed by atoms with Crippen molar-refractivity contribution < 1.29 is 42.8 Å². The van der Waals surface area contributed by atoms with Crippen molar-refractivity contribution in [3.63, 3.8) is 0 Å². The zero-order valence-corrected chi connectivity index (χ0v) is 30.0. The normalized spacial score (nSPS) is 17.2. The number of fused-ring (bicyclic) bond motifs is 1. The van der Waals surface area contributed by atoms with E-state index in [0.29, 0.717) is 5.88 Å². The fourth-order valence-electron chi connectivity index (χ4n) is 6.05. The zero-order valence-electron chi connectivity index (χ0n) is 29.2. The van der Waals surface area contributed by atoms with E-state index in [1.807, 2.05) is 30.3 Å². The summed E-state index contributed by atoms with van der Waals surface area (Å²) in [4.78, 5) is 31.3. The summed E-state index contributed by atoms with van der Waals surface area (Å²) in [6.45, 7) is 4.91. The minimum Gasteiger partial charge on any atom is -0.489 e. The number of nitrogens with zero attached hydrogens (tertiary/aromatic N) is 1. The average molecular weight is 738 g/mol. The monoisotopic (exact) mass is 737 g/mol. The van der Waals surface area contributed by atoms with Crippen LogP contribution in [0.5, 0.6) is 11.6 Å². The van der Waals surface area contributed by atoms with Gasteiger partial charge in [-0.25, -0.2) is 18.6 Å². The number of carbonyl (C=O) groups is 2. The number of ether oxygens (including phenoxy) is 3. The summed E-state index contributed by atoms with van der Waals surface area (Å²) < 4.78 is 45.5. The number of benzene rings is 3. The highest BCUT2D eigenvalue weighted by atomic mass is 35.5. The van der Waals surface area contributed by atoms with Gasteiger partial charge in [0, 0.05) is 29.3 Å². The van der Waals surface area contributed by atoms with E-state index >= 15 is 0 Å². The molecule has 1 aliphatic rings. The Morgan fingerprint density at radius 1 is 1.04 bits per heavy atom. The van der Waals surface area contributed by atoms with E-state index in [1.54, 1.807) is 39.1 Å². The molecule has 1 aromatic heterocycles. The molecule has 0 fully saturated rings. The van der Waals surface area contributed by atoms with Crippen molar-refractivity contribution in [1.29, 1.82) is 0 Å². The van der Waals surface area contributed by atoms with Gasteiger partial charge in [0.05, 0.1) is 30.3 Å². The standard InChI is InChI=1S/C39H42ClF2N3O7/c1-39(2,3)52-38(49)44-31(15-22-9-11-23(12-10-22)25-13-14-34(50-4)43-20-25)32(46)17-26(16-24-7-5-6-8-30(24)42)37(48)45-35-28-18-27(41)19-29(40)36(28)51-21-33(35)47/h5-14,18-20,26,31-33,35,46-47H,15-17,21H2,1-4H3,(H,44,49)(H,45,48)/t26-,31+,32+,33-,35+/m1/s1. The summed E-state index contributed by atoms with van der Waals surface area (Å²) in [5.74, 6) is -2.34. The molecule has 2 amide bonds. The fraction of sp³-hybridized carbons (Fsp3) is 0.359. The number of aliphatic hydroxyl groups is 2. The first kappa shape index (κ1) is 38.5. The number of pyridine rings is 1. The molecule has 3 aromatic carbocycles. The second-order valence-corrected chi connectivity index (χ2v) is 14.1. The number of hydrogen-bond acceptors (Lipinski definition) is 8. The first-order valence-electron chi connectivity index (χ1n) is 16.8. The predicted octanol–water partition coefficient (Wildman–Crippen LogP) is 6.35. The maximum Gasteiger partial charge on any atom is 0.407 e. The molecule has 4 N–H and O–H groups in total. The van der Waals surface area contributed by atoms with Crippen LogP contribution in [0.25, 0.3) is 11.1 Å². The topological polar surface area (TPSA) is 139 Å². The minimum absolute atomic E-state index is 0.0239. The van der Waals surface area contributed by atoms with Crippen molar-refractivity contribution in [2.24, 2.45) is 5.92 Å². The van der Waals surface area contributed by atoms with Crippen LogP contribution in [0.3, 0.4) is 0 Å². The van der Waals surface area contributed by atoms with Gasteiger partial charge >= 0.3 is 6.09 Å². The number of nitrogens with one attached hydrogen (secondary N) is 2. The molecule has 0 aliphatic carbocycles. The van der Waals surface area contributed by atoms with Gasteiger partial charge in [0.1, 0.15) is 35.7 Å². The van der Waals surface area contributed by atoms with Gasteiger partial charge in [0.2, 0.25) is 11.8 Å². The summed E-state index contributed by atoms with van der Waals surface area (Å²) in [7, 11) is 1.54. The van der Waals surface area contributed by atoms with Crippen molar-refractivity contribution in [3.05, 3.63) is 112 Å². The molecule has 276 valence electrons. The van der Waals surface area contributed by atoms with E-state index in [0.717, 1.165) is 28.8 Å². The first-order valence-corrected chi connectivity index (χ1v) is 17.2. The van der Waals surface area contributed by atoms with Gasteiger partial charge in [0.25, 0.3) is 0 Å². The molecule has 52 heavy (non-hydrogen) atoms. The molecule has 2 heterocycles. The molecule has 4 aromatic rings. The van der Waals surface area contributed by atoms with Gasteiger partial charge in [-0.3, -0.25) is 4.79 Å². The van der Waals surface area contributed by atoms with Crippen LogP contribution in [0.1, 0.15) is 49.9 Å². The highest BCUT2D eigenvalue weighted by Crippen LogP contribution is 2.39. The number of alkyl carbamates (subject to hydrolysis) is 1. The Balaban J connectivity index is 1.41. The van der Waals surface area contributed by atoms with Crippen molar-refractivity contribution in [1.82, 2.24) is 15.6 Å². The maximum absolute atomic E-state index is 14.9. The van der Waals surface area contributed by atoms with E-state index in [2.05, 4.69) is 15.6 Å². The summed E-state index contributed by atoms with van der Waals surface area (Å²) in [5, 5.41) is 28.1. The fourth-order valence-corrected chi connectivity index (χ4v) is 6.32. The average Bonchev–Trinajstić information content (AvgIpc) is 3.09. The van der Waals surface area contributed by atoms with Gasteiger partial charge < -0.3 is 35.1 Å². The summed E-state index contributed by atoms with van der Waals surface area (Å²) in [5.41, 5.74) is 2.04. The lowest BCUT2D eigenvalue weighted by atomic mass is 9.87. The molecule has 5 rings (SSSR count). The van der Waals surface area contributed by atoms with Gasteiger partial charge in [-0.15, -0.1) is 0 Å².